The third kappa shape index (κ3) is 3.25. The van der Waals surface area contributed by atoms with E-state index in [0.717, 1.165) is 33.4 Å². The van der Waals surface area contributed by atoms with Crippen LogP contribution in [0.2, 0.25) is 0 Å². The Bertz CT molecular complexity index is 812. The van der Waals surface area contributed by atoms with Crippen molar-refractivity contribution in [1.29, 1.82) is 0 Å². The molecule has 2 aromatic carbocycles. The summed E-state index contributed by atoms with van der Waals surface area (Å²) >= 11 is 0. The van der Waals surface area contributed by atoms with Crippen molar-refractivity contribution in [3.63, 3.8) is 0 Å². The van der Waals surface area contributed by atoms with Gasteiger partial charge in [0.1, 0.15) is 12.4 Å². The molecule has 1 amide bonds. The monoisotopic (exact) mass is 337 g/mol. The Balaban J connectivity index is 1.77. The molecule has 1 heterocycles. The van der Waals surface area contributed by atoms with Gasteiger partial charge < -0.3 is 14.7 Å². The minimum atomic E-state index is -0.306. The summed E-state index contributed by atoms with van der Waals surface area (Å²) < 4.78 is 5.45. The molecule has 0 saturated heterocycles. The topological polar surface area (TPSA) is 49.8 Å². The van der Waals surface area contributed by atoms with Crippen molar-refractivity contribution in [3.05, 3.63) is 70.3 Å². The van der Waals surface area contributed by atoms with Crippen LogP contribution in [0.15, 0.2) is 36.9 Å². The van der Waals surface area contributed by atoms with E-state index in [2.05, 4.69) is 6.58 Å². The number of fused-ring (bicyclic) bond motifs is 1. The fourth-order valence-corrected chi connectivity index (χ4v) is 3.42. The Hall–Kier alpha value is -2.75. The first-order valence-electron chi connectivity index (χ1n) is 8.44. The van der Waals surface area contributed by atoms with Crippen molar-refractivity contribution in [2.45, 2.75) is 33.4 Å². The average Bonchev–Trinajstić information content (AvgIpc) is 2.65. The smallest absolute Gasteiger partial charge is 0.410 e. The van der Waals surface area contributed by atoms with Gasteiger partial charge in [-0.05, 0) is 48.1 Å². The summed E-state index contributed by atoms with van der Waals surface area (Å²) in [6, 6.07) is 9.66. The Morgan fingerprint density at radius 3 is 2.64 bits per heavy atom. The molecule has 0 unspecified atom stereocenters. The van der Waals surface area contributed by atoms with Crippen LogP contribution in [-0.2, 0) is 24.3 Å². The predicted octanol–water partition coefficient (Wildman–Crippen LogP) is 4.35. The van der Waals surface area contributed by atoms with E-state index in [9.17, 15) is 9.90 Å². The Labute approximate surface area is 148 Å². The summed E-state index contributed by atoms with van der Waals surface area (Å²) in [5, 5.41) is 10.3. The van der Waals surface area contributed by atoms with E-state index in [1.807, 2.05) is 44.2 Å². The molecule has 0 aromatic heterocycles. The molecule has 1 N–H and O–H groups in total. The molecular weight excluding hydrogens is 314 g/mol. The average molecular weight is 337 g/mol. The number of phenols is 1. The molecule has 2 aromatic rings. The van der Waals surface area contributed by atoms with Gasteiger partial charge in [0, 0.05) is 18.7 Å². The van der Waals surface area contributed by atoms with E-state index in [0.29, 0.717) is 25.3 Å². The molecule has 1 aliphatic heterocycles. The molecular formula is C21H23NO3. The van der Waals surface area contributed by atoms with Crippen LogP contribution >= 0.6 is 0 Å². The number of hydrogen-bond donors (Lipinski definition) is 1. The first kappa shape index (κ1) is 17.1. The van der Waals surface area contributed by atoms with Crippen molar-refractivity contribution < 1.29 is 14.6 Å². The van der Waals surface area contributed by atoms with Crippen LogP contribution < -0.4 is 0 Å². The fourth-order valence-electron chi connectivity index (χ4n) is 3.42. The Kier molecular flexibility index (Phi) is 4.79. The second-order valence-corrected chi connectivity index (χ2v) is 6.39. The van der Waals surface area contributed by atoms with Crippen molar-refractivity contribution in [3.8, 4) is 5.75 Å². The highest BCUT2D eigenvalue weighted by atomic mass is 16.6. The van der Waals surface area contributed by atoms with Gasteiger partial charge in [-0.1, -0.05) is 43.0 Å². The molecule has 0 fully saturated rings. The third-order valence-electron chi connectivity index (χ3n) is 4.93. The molecule has 1 aliphatic rings. The molecule has 0 saturated carbocycles. The minimum absolute atomic E-state index is 0.272. The Morgan fingerprint density at radius 1 is 1.24 bits per heavy atom. The lowest BCUT2D eigenvalue weighted by atomic mass is 9.87. The van der Waals surface area contributed by atoms with Gasteiger partial charge in [0.25, 0.3) is 0 Å². The second-order valence-electron chi connectivity index (χ2n) is 6.39. The van der Waals surface area contributed by atoms with Crippen LogP contribution in [0.1, 0.15) is 33.4 Å². The fraction of sp³-hybridized carbons (Fsp3) is 0.286. The zero-order chi connectivity index (χ0) is 18.0. The first-order chi connectivity index (χ1) is 12.0. The zero-order valence-corrected chi connectivity index (χ0v) is 14.7. The summed E-state index contributed by atoms with van der Waals surface area (Å²) in [4.78, 5) is 14.2. The van der Waals surface area contributed by atoms with Gasteiger partial charge in [0.2, 0.25) is 0 Å². The normalized spacial score (nSPS) is 13.3. The number of rotatable bonds is 3. The van der Waals surface area contributed by atoms with Gasteiger partial charge in [-0.3, -0.25) is 0 Å². The maximum Gasteiger partial charge on any atom is 0.410 e. The van der Waals surface area contributed by atoms with E-state index in [1.54, 1.807) is 11.0 Å². The number of benzene rings is 2. The van der Waals surface area contributed by atoms with Crippen molar-refractivity contribution >= 4 is 12.2 Å². The van der Waals surface area contributed by atoms with E-state index in [1.165, 1.54) is 0 Å². The molecule has 0 radical (unpaired) electrons. The van der Waals surface area contributed by atoms with E-state index < -0.39 is 0 Å². The number of ether oxygens (including phenoxy) is 1. The summed E-state index contributed by atoms with van der Waals surface area (Å²) in [5.41, 5.74) is 5.80. The predicted molar refractivity (Wildman–Crippen MR) is 98.4 cm³/mol. The highest BCUT2D eigenvalue weighted by Gasteiger charge is 2.27. The maximum atomic E-state index is 12.4. The maximum absolute atomic E-state index is 12.4. The molecule has 130 valence electrons. The van der Waals surface area contributed by atoms with Crippen molar-refractivity contribution in [1.82, 2.24) is 4.90 Å². The second kappa shape index (κ2) is 7.01. The first-order valence-corrected chi connectivity index (χ1v) is 8.44. The number of amides is 1. The van der Waals surface area contributed by atoms with Gasteiger partial charge in [-0.25, -0.2) is 4.79 Å². The van der Waals surface area contributed by atoms with Gasteiger partial charge in [0.15, 0.2) is 0 Å². The van der Waals surface area contributed by atoms with E-state index >= 15 is 0 Å². The van der Waals surface area contributed by atoms with Crippen LogP contribution in [0, 0.1) is 13.8 Å². The van der Waals surface area contributed by atoms with Crippen molar-refractivity contribution in [2.75, 3.05) is 6.54 Å². The largest absolute Gasteiger partial charge is 0.507 e. The summed E-state index contributed by atoms with van der Waals surface area (Å²) in [5.74, 6) is 0.298. The van der Waals surface area contributed by atoms with Crippen molar-refractivity contribution in [2.24, 2.45) is 0 Å². The quantitative estimate of drug-likeness (QED) is 0.906. The number of carbonyl (C=O) groups is 1. The summed E-state index contributed by atoms with van der Waals surface area (Å²) in [7, 11) is 0. The molecule has 25 heavy (non-hydrogen) atoms. The number of nitrogens with zero attached hydrogens (tertiary/aromatic N) is 1. The zero-order valence-electron chi connectivity index (χ0n) is 14.7. The van der Waals surface area contributed by atoms with Gasteiger partial charge in [-0.15, -0.1) is 0 Å². The van der Waals surface area contributed by atoms with Crippen LogP contribution in [-0.4, -0.2) is 22.6 Å². The molecule has 3 rings (SSSR count). The highest BCUT2D eigenvalue weighted by molar-refractivity contribution is 5.71. The van der Waals surface area contributed by atoms with E-state index in [-0.39, 0.29) is 12.7 Å². The molecule has 4 nitrogen and oxygen atoms in total. The summed E-state index contributed by atoms with van der Waals surface area (Å²) in [6.45, 7) is 9.04. The van der Waals surface area contributed by atoms with Gasteiger partial charge in [0.05, 0.1) is 0 Å². The summed E-state index contributed by atoms with van der Waals surface area (Å²) in [6.07, 6.45) is 2.08. The third-order valence-corrected chi connectivity index (χ3v) is 4.93. The molecule has 0 aliphatic carbocycles. The SMILES string of the molecule is C=Cc1c(C)c2c(c(C)c1O)CCN(C(=O)OCc1ccccc1)C2. The lowest BCUT2D eigenvalue weighted by Gasteiger charge is -2.31. The van der Waals surface area contributed by atoms with Gasteiger partial charge in [-0.2, -0.15) is 0 Å². The van der Waals surface area contributed by atoms with Crippen LogP contribution in [0.3, 0.4) is 0 Å². The van der Waals surface area contributed by atoms with Gasteiger partial charge >= 0.3 is 6.09 Å². The van der Waals surface area contributed by atoms with E-state index in [4.69, 9.17) is 4.74 Å². The molecule has 0 spiro atoms. The highest BCUT2D eigenvalue weighted by Crippen LogP contribution is 2.36. The molecule has 4 heteroatoms. The van der Waals surface area contributed by atoms with Crippen LogP contribution in [0.4, 0.5) is 4.79 Å². The lowest BCUT2D eigenvalue weighted by molar-refractivity contribution is 0.0917. The van der Waals surface area contributed by atoms with Crippen LogP contribution in [0.25, 0.3) is 6.08 Å². The molecule has 0 bridgehead atoms. The molecule has 0 atom stereocenters. The standard InChI is InChI=1S/C21H23NO3/c1-4-17-14(2)19-12-22(11-10-18(19)15(3)20(17)23)21(24)25-13-16-8-6-5-7-9-16/h4-9,23H,1,10-13H2,2-3H3. The van der Waals surface area contributed by atoms with Crippen LogP contribution in [0.5, 0.6) is 5.75 Å². The number of hydrogen-bond acceptors (Lipinski definition) is 3. The minimum Gasteiger partial charge on any atom is -0.507 e. The lowest BCUT2D eigenvalue weighted by Crippen LogP contribution is -2.37. The number of carbonyl (C=O) groups excluding carboxylic acids is 1. The number of phenolic OH excluding ortho intramolecular Hbond substituents is 1. The Morgan fingerprint density at radius 2 is 1.96 bits per heavy atom. The number of aromatic hydroxyl groups is 1.